The number of anilines is 1. The number of fused-ring (bicyclic) bond motifs is 1. The Labute approximate surface area is 183 Å². The minimum Gasteiger partial charge on any atom is -0.490 e. The second kappa shape index (κ2) is 8.80. The van der Waals surface area contributed by atoms with Gasteiger partial charge in [0, 0.05) is 24.4 Å². The molecule has 0 unspecified atom stereocenters. The van der Waals surface area contributed by atoms with Crippen molar-refractivity contribution in [3.63, 3.8) is 0 Å². The monoisotopic (exact) mass is 446 g/mol. The van der Waals surface area contributed by atoms with Crippen molar-refractivity contribution in [2.45, 2.75) is 64.1 Å². The smallest absolute Gasteiger partial charge is 0.433 e. The standard InChI is InChI=1S/C23H25F3N4O2/c1-14(2)32-18-11-21-27-17(15-7-4-3-5-8-15)13-30(21)12-16(18)22(31)29-20-10-6-9-19(28-20)23(24,25)26/h6,9-15H,3-5,7-8H2,1-2H3,(H,28,29,31). The van der Waals surface area contributed by atoms with E-state index in [1.54, 1.807) is 16.7 Å². The van der Waals surface area contributed by atoms with Gasteiger partial charge in [-0.1, -0.05) is 25.3 Å². The fraction of sp³-hybridized carbons (Fsp3) is 0.435. The van der Waals surface area contributed by atoms with E-state index in [4.69, 9.17) is 9.72 Å². The molecule has 0 spiro atoms. The largest absolute Gasteiger partial charge is 0.490 e. The predicted molar refractivity (Wildman–Crippen MR) is 114 cm³/mol. The van der Waals surface area contributed by atoms with E-state index in [-0.39, 0.29) is 17.5 Å². The zero-order valence-corrected chi connectivity index (χ0v) is 17.9. The molecule has 0 atom stereocenters. The Morgan fingerprint density at radius 2 is 1.91 bits per heavy atom. The first-order valence-corrected chi connectivity index (χ1v) is 10.8. The van der Waals surface area contributed by atoms with Crippen LogP contribution in [0.1, 0.15) is 73.6 Å². The van der Waals surface area contributed by atoms with Crippen LogP contribution in [0.5, 0.6) is 5.75 Å². The Morgan fingerprint density at radius 3 is 2.59 bits per heavy atom. The number of ether oxygens (including phenoxy) is 1. The molecule has 3 heterocycles. The lowest BCUT2D eigenvalue weighted by Crippen LogP contribution is -2.18. The van der Waals surface area contributed by atoms with Crippen molar-refractivity contribution in [3.8, 4) is 5.75 Å². The summed E-state index contributed by atoms with van der Waals surface area (Å²) in [5, 5.41) is 2.46. The third-order valence-corrected chi connectivity index (χ3v) is 5.49. The molecule has 1 aliphatic carbocycles. The molecule has 1 aliphatic rings. The number of nitrogens with zero attached hydrogens (tertiary/aromatic N) is 3. The summed E-state index contributed by atoms with van der Waals surface area (Å²) in [7, 11) is 0. The zero-order valence-electron chi connectivity index (χ0n) is 17.9. The SMILES string of the molecule is CC(C)Oc1cc2nc(C3CCCCC3)cn2cc1C(=O)Nc1cccc(C(F)(F)F)n1. The maximum atomic E-state index is 13.0. The summed E-state index contributed by atoms with van der Waals surface area (Å²) in [5.41, 5.74) is 0.765. The second-order valence-electron chi connectivity index (χ2n) is 8.34. The van der Waals surface area contributed by atoms with Crippen LogP contribution in [0.3, 0.4) is 0 Å². The first-order valence-electron chi connectivity index (χ1n) is 10.8. The van der Waals surface area contributed by atoms with Crippen LogP contribution in [0.2, 0.25) is 0 Å². The number of hydrogen-bond acceptors (Lipinski definition) is 4. The number of amides is 1. The molecule has 4 rings (SSSR count). The molecular formula is C23H25F3N4O2. The number of hydrogen-bond donors (Lipinski definition) is 1. The van der Waals surface area contributed by atoms with E-state index in [2.05, 4.69) is 10.3 Å². The maximum Gasteiger partial charge on any atom is 0.433 e. The molecule has 0 radical (unpaired) electrons. The highest BCUT2D eigenvalue weighted by Crippen LogP contribution is 2.33. The molecule has 0 saturated heterocycles. The number of rotatable bonds is 5. The summed E-state index contributed by atoms with van der Waals surface area (Å²) >= 11 is 0. The summed E-state index contributed by atoms with van der Waals surface area (Å²) < 4.78 is 46.5. The number of nitrogens with one attached hydrogen (secondary N) is 1. The molecule has 9 heteroatoms. The molecular weight excluding hydrogens is 421 g/mol. The Kier molecular flexibility index (Phi) is 6.08. The summed E-state index contributed by atoms with van der Waals surface area (Å²) in [6.07, 6.45) is 4.50. The highest BCUT2D eigenvalue weighted by molar-refractivity contribution is 6.05. The van der Waals surface area contributed by atoms with E-state index >= 15 is 0 Å². The number of aromatic nitrogens is 3. The fourth-order valence-electron chi connectivity index (χ4n) is 4.00. The number of carbonyl (C=O) groups is 1. The normalized spacial score (nSPS) is 15.3. The molecule has 1 amide bonds. The van der Waals surface area contributed by atoms with E-state index in [1.165, 1.54) is 31.4 Å². The van der Waals surface area contributed by atoms with Gasteiger partial charge in [0.2, 0.25) is 0 Å². The van der Waals surface area contributed by atoms with Crippen molar-refractivity contribution in [2.75, 3.05) is 5.32 Å². The molecule has 3 aromatic rings. The minimum atomic E-state index is -4.60. The quantitative estimate of drug-likeness (QED) is 0.535. The van der Waals surface area contributed by atoms with Gasteiger partial charge in [-0.25, -0.2) is 9.97 Å². The molecule has 0 aromatic carbocycles. The van der Waals surface area contributed by atoms with E-state index in [0.717, 1.165) is 24.6 Å². The van der Waals surface area contributed by atoms with E-state index in [0.29, 0.717) is 17.3 Å². The molecule has 1 fully saturated rings. The van der Waals surface area contributed by atoms with E-state index in [9.17, 15) is 18.0 Å². The van der Waals surface area contributed by atoms with Crippen LogP contribution >= 0.6 is 0 Å². The van der Waals surface area contributed by atoms with Gasteiger partial charge in [-0.3, -0.25) is 4.79 Å². The van der Waals surface area contributed by atoms with Crippen molar-refractivity contribution < 1.29 is 22.7 Å². The fourth-order valence-corrected chi connectivity index (χ4v) is 4.00. The first kappa shape index (κ1) is 22.1. The van der Waals surface area contributed by atoms with Gasteiger partial charge >= 0.3 is 6.18 Å². The number of pyridine rings is 2. The maximum absolute atomic E-state index is 13.0. The van der Waals surface area contributed by atoms with E-state index < -0.39 is 17.8 Å². The van der Waals surface area contributed by atoms with Crippen molar-refractivity contribution in [1.29, 1.82) is 0 Å². The summed E-state index contributed by atoms with van der Waals surface area (Å²) in [4.78, 5) is 21.2. The van der Waals surface area contributed by atoms with Gasteiger partial charge in [-0.15, -0.1) is 0 Å². The Balaban J connectivity index is 1.67. The number of alkyl halides is 3. The average Bonchev–Trinajstić information content (AvgIpc) is 3.16. The molecule has 0 aliphatic heterocycles. The number of carbonyl (C=O) groups excluding carboxylic acids is 1. The Bertz CT molecular complexity index is 1120. The Hall–Kier alpha value is -3.10. The molecule has 1 saturated carbocycles. The lowest BCUT2D eigenvalue weighted by atomic mass is 9.87. The van der Waals surface area contributed by atoms with Gasteiger partial charge in [0.05, 0.1) is 17.4 Å². The second-order valence-corrected chi connectivity index (χ2v) is 8.34. The van der Waals surface area contributed by atoms with Crippen molar-refractivity contribution in [3.05, 3.63) is 53.6 Å². The molecule has 0 bridgehead atoms. The molecule has 32 heavy (non-hydrogen) atoms. The topological polar surface area (TPSA) is 68.5 Å². The van der Waals surface area contributed by atoms with Crippen molar-refractivity contribution >= 4 is 17.4 Å². The van der Waals surface area contributed by atoms with Crippen LogP contribution in [0, 0.1) is 0 Å². The number of imidazole rings is 1. The third-order valence-electron chi connectivity index (χ3n) is 5.49. The molecule has 3 aromatic heterocycles. The van der Waals surface area contributed by atoms with Gasteiger partial charge < -0.3 is 14.5 Å². The highest BCUT2D eigenvalue weighted by Gasteiger charge is 2.32. The minimum absolute atomic E-state index is 0.186. The molecule has 1 N–H and O–H groups in total. The Morgan fingerprint density at radius 1 is 1.16 bits per heavy atom. The van der Waals surface area contributed by atoms with Crippen molar-refractivity contribution in [1.82, 2.24) is 14.4 Å². The van der Waals surface area contributed by atoms with Crippen LogP contribution in [0.15, 0.2) is 36.7 Å². The van der Waals surface area contributed by atoms with Gasteiger partial charge in [0.1, 0.15) is 22.9 Å². The summed E-state index contributed by atoms with van der Waals surface area (Å²) in [5.74, 6) is -0.0845. The highest BCUT2D eigenvalue weighted by atomic mass is 19.4. The van der Waals surface area contributed by atoms with E-state index in [1.807, 2.05) is 20.0 Å². The molecule has 170 valence electrons. The summed E-state index contributed by atoms with van der Waals surface area (Å²) in [6, 6.07) is 5.06. The van der Waals surface area contributed by atoms with Crippen LogP contribution in [0.4, 0.5) is 19.0 Å². The van der Waals surface area contributed by atoms with Crippen LogP contribution < -0.4 is 10.1 Å². The first-order chi connectivity index (χ1) is 15.2. The summed E-state index contributed by atoms with van der Waals surface area (Å²) in [6.45, 7) is 3.67. The zero-order chi connectivity index (χ0) is 22.9. The van der Waals surface area contributed by atoms with Gasteiger partial charge in [-0.2, -0.15) is 13.2 Å². The van der Waals surface area contributed by atoms with Gasteiger partial charge in [0.25, 0.3) is 5.91 Å². The average molecular weight is 446 g/mol. The van der Waals surface area contributed by atoms with Crippen molar-refractivity contribution in [2.24, 2.45) is 0 Å². The lowest BCUT2D eigenvalue weighted by Gasteiger charge is -2.19. The number of halogens is 3. The van der Waals surface area contributed by atoms with Crippen LogP contribution in [-0.4, -0.2) is 26.4 Å². The predicted octanol–water partition coefficient (Wildman–Crippen LogP) is 5.84. The lowest BCUT2D eigenvalue weighted by molar-refractivity contribution is -0.141. The van der Waals surface area contributed by atoms with Crippen LogP contribution in [0.25, 0.3) is 5.65 Å². The molecule has 6 nitrogen and oxygen atoms in total. The van der Waals surface area contributed by atoms with Gasteiger partial charge in [0.15, 0.2) is 0 Å². The van der Waals surface area contributed by atoms with Crippen LogP contribution in [-0.2, 0) is 6.18 Å². The van der Waals surface area contributed by atoms with Gasteiger partial charge in [-0.05, 0) is 38.8 Å². The third kappa shape index (κ3) is 4.87.